The molecule has 3 aromatic rings. The summed E-state index contributed by atoms with van der Waals surface area (Å²) in [5.41, 5.74) is 1.20. The minimum atomic E-state index is -0.422. The van der Waals surface area contributed by atoms with Crippen LogP contribution in [0.3, 0.4) is 0 Å². The van der Waals surface area contributed by atoms with Gasteiger partial charge in [0.25, 0.3) is 0 Å². The molecule has 0 aliphatic carbocycles. The molecule has 3 rings (SSSR count). The van der Waals surface area contributed by atoms with E-state index in [1.54, 1.807) is 22.9 Å². The second kappa shape index (κ2) is 10.4. The van der Waals surface area contributed by atoms with E-state index in [1.807, 2.05) is 19.1 Å². The van der Waals surface area contributed by atoms with Gasteiger partial charge < -0.3 is 14.8 Å². The molecule has 0 spiro atoms. The highest BCUT2D eigenvalue weighted by molar-refractivity contribution is 9.10. The van der Waals surface area contributed by atoms with Gasteiger partial charge in [-0.2, -0.15) is 0 Å². The van der Waals surface area contributed by atoms with Gasteiger partial charge in [-0.25, -0.2) is 9.07 Å². The number of nitrogens with zero attached hydrogens (tertiary/aromatic N) is 4. The highest BCUT2D eigenvalue weighted by Crippen LogP contribution is 2.38. The van der Waals surface area contributed by atoms with Crippen LogP contribution < -0.4 is 14.8 Å². The molecule has 0 bridgehead atoms. The van der Waals surface area contributed by atoms with E-state index < -0.39 is 5.82 Å². The lowest BCUT2D eigenvalue weighted by Crippen LogP contribution is -2.09. The Balaban J connectivity index is 1.78. The van der Waals surface area contributed by atoms with Gasteiger partial charge in [0.15, 0.2) is 11.5 Å². The third-order valence-electron chi connectivity index (χ3n) is 4.08. The predicted octanol–water partition coefficient (Wildman–Crippen LogP) is 5.00. The Hall–Kier alpha value is -2.65. The maximum atomic E-state index is 14.0. The molecule has 0 aliphatic heterocycles. The van der Waals surface area contributed by atoms with E-state index in [-0.39, 0.29) is 12.2 Å². The molecule has 0 saturated heterocycles. The Labute approximate surface area is 187 Å². The summed E-state index contributed by atoms with van der Waals surface area (Å²) in [6.07, 6.45) is 1.71. The number of hydrogen-bond acceptors (Lipinski definition) is 6. The fourth-order valence-electron chi connectivity index (χ4n) is 2.70. The van der Waals surface area contributed by atoms with Gasteiger partial charge in [-0.15, -0.1) is 6.58 Å². The van der Waals surface area contributed by atoms with Gasteiger partial charge in [0.2, 0.25) is 5.95 Å². The molecule has 0 aliphatic rings. The summed E-state index contributed by atoms with van der Waals surface area (Å²) in [5, 5.41) is 15.0. The molecule has 30 heavy (non-hydrogen) atoms. The molecular formula is C20H20BrClFN5O2. The Morgan fingerprint density at radius 3 is 2.90 bits per heavy atom. The second-order valence-electron chi connectivity index (χ2n) is 6.15. The molecule has 0 saturated carbocycles. The normalized spacial score (nSPS) is 10.7. The number of anilines is 1. The van der Waals surface area contributed by atoms with Gasteiger partial charge in [0, 0.05) is 12.1 Å². The SMILES string of the molecule is C=CCn1nnnc1NCc1cc(Br)c(OCc2c(F)cccc2Cl)c(OCC)c1. The highest BCUT2D eigenvalue weighted by atomic mass is 79.9. The van der Waals surface area contributed by atoms with Crippen molar-refractivity contribution in [3.05, 3.63) is 69.4 Å². The number of ether oxygens (including phenoxy) is 2. The van der Waals surface area contributed by atoms with Crippen LogP contribution in [-0.4, -0.2) is 26.8 Å². The topological polar surface area (TPSA) is 74.1 Å². The maximum absolute atomic E-state index is 14.0. The number of benzene rings is 2. The zero-order chi connectivity index (χ0) is 21.5. The lowest BCUT2D eigenvalue weighted by atomic mass is 10.2. The Morgan fingerprint density at radius 2 is 2.17 bits per heavy atom. The molecular weight excluding hydrogens is 477 g/mol. The molecule has 0 amide bonds. The third-order valence-corrected chi connectivity index (χ3v) is 5.02. The van der Waals surface area contributed by atoms with Gasteiger partial charge >= 0.3 is 0 Å². The first kappa shape index (κ1) is 22.0. The number of hydrogen-bond donors (Lipinski definition) is 1. The first-order valence-electron chi connectivity index (χ1n) is 9.15. The summed E-state index contributed by atoms with van der Waals surface area (Å²) < 4.78 is 27.9. The van der Waals surface area contributed by atoms with Crippen LogP contribution in [0.4, 0.5) is 10.3 Å². The molecule has 1 aromatic heterocycles. The number of halogens is 3. The Morgan fingerprint density at radius 1 is 1.33 bits per heavy atom. The van der Waals surface area contributed by atoms with Gasteiger partial charge in [0.1, 0.15) is 12.4 Å². The largest absolute Gasteiger partial charge is 0.490 e. The van der Waals surface area contributed by atoms with Crippen molar-refractivity contribution in [2.24, 2.45) is 0 Å². The Bertz CT molecular complexity index is 1010. The summed E-state index contributed by atoms with van der Waals surface area (Å²) in [4.78, 5) is 0. The van der Waals surface area contributed by atoms with E-state index in [0.29, 0.717) is 46.6 Å². The van der Waals surface area contributed by atoms with E-state index in [4.69, 9.17) is 21.1 Å². The minimum absolute atomic E-state index is 0.0297. The zero-order valence-electron chi connectivity index (χ0n) is 16.2. The predicted molar refractivity (Wildman–Crippen MR) is 116 cm³/mol. The number of nitrogens with one attached hydrogen (secondary N) is 1. The van der Waals surface area contributed by atoms with Crippen LogP contribution in [0.2, 0.25) is 5.02 Å². The van der Waals surface area contributed by atoms with Crippen molar-refractivity contribution in [1.29, 1.82) is 0 Å². The Kier molecular flexibility index (Phi) is 7.64. The van der Waals surface area contributed by atoms with E-state index in [0.717, 1.165) is 5.56 Å². The van der Waals surface area contributed by atoms with Gasteiger partial charge in [-0.05, 0) is 63.1 Å². The van der Waals surface area contributed by atoms with Crippen LogP contribution in [-0.2, 0) is 19.7 Å². The number of rotatable bonds is 10. The van der Waals surface area contributed by atoms with Gasteiger partial charge in [-0.3, -0.25) is 0 Å². The van der Waals surface area contributed by atoms with E-state index in [2.05, 4.69) is 43.4 Å². The first-order chi connectivity index (χ1) is 14.5. The minimum Gasteiger partial charge on any atom is -0.490 e. The van der Waals surface area contributed by atoms with Crippen molar-refractivity contribution < 1.29 is 13.9 Å². The van der Waals surface area contributed by atoms with E-state index >= 15 is 0 Å². The smallest absolute Gasteiger partial charge is 0.243 e. The number of aromatic nitrogens is 4. The summed E-state index contributed by atoms with van der Waals surface area (Å²) in [7, 11) is 0. The summed E-state index contributed by atoms with van der Waals surface area (Å²) in [5.74, 6) is 1.10. The van der Waals surface area contributed by atoms with Crippen LogP contribution in [0.15, 0.2) is 47.5 Å². The quantitative estimate of drug-likeness (QED) is 0.398. The van der Waals surface area contributed by atoms with Crippen LogP contribution in [0, 0.1) is 5.82 Å². The lowest BCUT2D eigenvalue weighted by molar-refractivity contribution is 0.264. The first-order valence-corrected chi connectivity index (χ1v) is 10.3. The molecule has 0 atom stereocenters. The molecule has 2 aromatic carbocycles. The fourth-order valence-corrected chi connectivity index (χ4v) is 3.52. The molecule has 10 heteroatoms. The van der Waals surface area contributed by atoms with Crippen molar-refractivity contribution in [2.45, 2.75) is 26.6 Å². The van der Waals surface area contributed by atoms with Crippen molar-refractivity contribution >= 4 is 33.5 Å². The van der Waals surface area contributed by atoms with Gasteiger partial charge in [-0.1, -0.05) is 28.8 Å². The third kappa shape index (κ3) is 5.28. The number of allylic oxidation sites excluding steroid dienone is 1. The molecule has 1 heterocycles. The van der Waals surface area contributed by atoms with Crippen LogP contribution in [0.1, 0.15) is 18.1 Å². The summed E-state index contributed by atoms with van der Waals surface area (Å²) in [6, 6.07) is 8.25. The van der Waals surface area contributed by atoms with Crippen LogP contribution >= 0.6 is 27.5 Å². The average molecular weight is 497 g/mol. The molecule has 0 radical (unpaired) electrons. The summed E-state index contributed by atoms with van der Waals surface area (Å²) >= 11 is 9.61. The lowest BCUT2D eigenvalue weighted by Gasteiger charge is -2.16. The van der Waals surface area contributed by atoms with Crippen molar-refractivity contribution in [1.82, 2.24) is 20.2 Å². The summed E-state index contributed by atoms with van der Waals surface area (Å²) in [6.45, 7) is 6.92. The van der Waals surface area contributed by atoms with Crippen molar-refractivity contribution in [2.75, 3.05) is 11.9 Å². The van der Waals surface area contributed by atoms with Crippen LogP contribution in [0.25, 0.3) is 0 Å². The average Bonchev–Trinajstić information content (AvgIpc) is 3.15. The standard InChI is InChI=1S/C20H20BrClFN5O2/c1-3-8-28-20(25-26-27-28)24-11-13-9-15(21)19(18(10-13)29-4-2)30-12-14-16(22)6-5-7-17(14)23/h3,5-7,9-10H,1,4,8,11-12H2,2H3,(H,24,25,27). The monoisotopic (exact) mass is 495 g/mol. The molecule has 7 nitrogen and oxygen atoms in total. The van der Waals surface area contributed by atoms with Crippen LogP contribution in [0.5, 0.6) is 11.5 Å². The molecule has 0 unspecified atom stereocenters. The molecule has 1 N–H and O–H groups in total. The van der Waals surface area contributed by atoms with E-state index in [9.17, 15) is 4.39 Å². The van der Waals surface area contributed by atoms with Crippen molar-refractivity contribution in [3.63, 3.8) is 0 Å². The van der Waals surface area contributed by atoms with Crippen molar-refractivity contribution in [3.8, 4) is 11.5 Å². The van der Waals surface area contributed by atoms with E-state index in [1.165, 1.54) is 6.07 Å². The number of tetrazole rings is 1. The van der Waals surface area contributed by atoms with Gasteiger partial charge in [0.05, 0.1) is 22.6 Å². The maximum Gasteiger partial charge on any atom is 0.243 e. The fraction of sp³-hybridized carbons (Fsp3) is 0.250. The highest BCUT2D eigenvalue weighted by Gasteiger charge is 2.15. The second-order valence-corrected chi connectivity index (χ2v) is 7.42. The zero-order valence-corrected chi connectivity index (χ0v) is 18.6. The molecule has 0 fully saturated rings. The molecule has 158 valence electrons.